The van der Waals surface area contributed by atoms with Crippen LogP contribution in [0.3, 0.4) is 0 Å². The van der Waals surface area contributed by atoms with Gasteiger partial charge in [0.25, 0.3) is 0 Å². The maximum Gasteiger partial charge on any atom is 0.435 e. The minimum Gasteiger partial charge on any atom is -0.396 e. The van der Waals surface area contributed by atoms with Gasteiger partial charge >= 0.3 is 6.18 Å². The Labute approximate surface area is 112 Å². The van der Waals surface area contributed by atoms with Gasteiger partial charge in [-0.25, -0.2) is 4.68 Å². The molecule has 8 heteroatoms. The highest BCUT2D eigenvalue weighted by Crippen LogP contribution is 2.34. The third-order valence-corrected chi connectivity index (χ3v) is 2.29. The molecule has 0 atom stereocenters. The zero-order valence-electron chi connectivity index (χ0n) is 9.35. The standard InChI is InChI=1S/C11H7F3N4.ClH/c12-11(13,14)10-9(16)6-17-18(10)8-3-1-2-7(4-8)5-15;/h1-4,6H,16H2;1H. The summed E-state index contributed by atoms with van der Waals surface area (Å²) in [5.41, 5.74) is 4.15. The summed E-state index contributed by atoms with van der Waals surface area (Å²) in [7, 11) is 0. The first-order chi connectivity index (χ1) is 8.43. The molecule has 2 aromatic rings. The van der Waals surface area contributed by atoms with Crippen LogP contribution in [-0.4, -0.2) is 9.78 Å². The van der Waals surface area contributed by atoms with Crippen LogP contribution in [0.1, 0.15) is 11.3 Å². The number of benzene rings is 1. The highest BCUT2D eigenvalue weighted by Gasteiger charge is 2.38. The lowest BCUT2D eigenvalue weighted by atomic mass is 10.2. The first-order valence-corrected chi connectivity index (χ1v) is 4.84. The number of aromatic nitrogens is 2. The van der Waals surface area contributed by atoms with Gasteiger partial charge in [-0.15, -0.1) is 12.4 Å². The molecule has 0 aliphatic heterocycles. The number of nitrogens with two attached hydrogens (primary N) is 1. The zero-order valence-corrected chi connectivity index (χ0v) is 10.2. The summed E-state index contributed by atoms with van der Waals surface area (Å²) in [6.45, 7) is 0. The van der Waals surface area contributed by atoms with Crippen molar-refractivity contribution in [3.63, 3.8) is 0 Å². The Morgan fingerprint density at radius 3 is 2.58 bits per heavy atom. The van der Waals surface area contributed by atoms with Gasteiger partial charge in [-0.2, -0.15) is 23.5 Å². The summed E-state index contributed by atoms with van der Waals surface area (Å²) in [6.07, 6.45) is -3.68. The zero-order chi connectivity index (χ0) is 13.3. The van der Waals surface area contributed by atoms with Gasteiger partial charge in [-0.05, 0) is 18.2 Å². The van der Waals surface area contributed by atoms with Gasteiger partial charge in [0.2, 0.25) is 0 Å². The van der Waals surface area contributed by atoms with Gasteiger partial charge < -0.3 is 5.73 Å². The quantitative estimate of drug-likeness (QED) is 0.877. The smallest absolute Gasteiger partial charge is 0.396 e. The molecule has 0 aliphatic carbocycles. The summed E-state index contributed by atoms with van der Waals surface area (Å²) >= 11 is 0. The fourth-order valence-electron chi connectivity index (χ4n) is 1.55. The molecule has 19 heavy (non-hydrogen) atoms. The van der Waals surface area contributed by atoms with E-state index in [1.165, 1.54) is 24.3 Å². The fourth-order valence-corrected chi connectivity index (χ4v) is 1.55. The number of hydrogen-bond acceptors (Lipinski definition) is 3. The molecule has 0 bridgehead atoms. The second kappa shape index (κ2) is 5.20. The Bertz CT molecular complexity index is 628. The lowest BCUT2D eigenvalue weighted by Gasteiger charge is -2.11. The summed E-state index contributed by atoms with van der Waals surface area (Å²) in [6, 6.07) is 7.54. The molecule has 0 radical (unpaired) electrons. The van der Waals surface area contributed by atoms with Crippen molar-refractivity contribution in [3.8, 4) is 11.8 Å². The highest BCUT2D eigenvalue weighted by molar-refractivity contribution is 5.85. The van der Waals surface area contributed by atoms with Crippen LogP contribution in [0.4, 0.5) is 18.9 Å². The Kier molecular flexibility index (Phi) is 4.07. The van der Waals surface area contributed by atoms with Crippen molar-refractivity contribution in [1.29, 1.82) is 5.26 Å². The molecule has 0 saturated carbocycles. The number of nitriles is 1. The first-order valence-electron chi connectivity index (χ1n) is 4.84. The predicted octanol–water partition coefficient (Wildman–Crippen LogP) is 2.77. The van der Waals surface area contributed by atoms with Crippen molar-refractivity contribution in [3.05, 3.63) is 41.7 Å². The van der Waals surface area contributed by atoms with Gasteiger partial charge in [0.1, 0.15) is 0 Å². The van der Waals surface area contributed by atoms with E-state index < -0.39 is 17.6 Å². The van der Waals surface area contributed by atoms with Gasteiger partial charge in [-0.1, -0.05) is 6.07 Å². The van der Waals surface area contributed by atoms with Gasteiger partial charge in [0, 0.05) is 0 Å². The molecule has 2 N–H and O–H groups in total. The molecular weight excluding hydrogens is 281 g/mol. The fraction of sp³-hybridized carbons (Fsp3) is 0.0909. The predicted molar refractivity (Wildman–Crippen MR) is 64.9 cm³/mol. The topological polar surface area (TPSA) is 67.6 Å². The van der Waals surface area contributed by atoms with E-state index in [1.807, 2.05) is 6.07 Å². The van der Waals surface area contributed by atoms with E-state index >= 15 is 0 Å². The second-order valence-corrected chi connectivity index (χ2v) is 3.52. The van der Waals surface area contributed by atoms with Crippen LogP contribution in [0, 0.1) is 11.3 Å². The van der Waals surface area contributed by atoms with Crippen molar-refractivity contribution >= 4 is 18.1 Å². The van der Waals surface area contributed by atoms with Crippen LogP contribution >= 0.6 is 12.4 Å². The summed E-state index contributed by atoms with van der Waals surface area (Å²) < 4.78 is 39.1. The molecule has 4 nitrogen and oxygen atoms in total. The third kappa shape index (κ3) is 2.80. The Morgan fingerprint density at radius 2 is 2.00 bits per heavy atom. The van der Waals surface area contributed by atoms with E-state index in [0.29, 0.717) is 4.68 Å². The van der Waals surface area contributed by atoms with Crippen LogP contribution < -0.4 is 5.73 Å². The average Bonchev–Trinajstić information content (AvgIpc) is 2.71. The minimum atomic E-state index is -4.61. The Hall–Kier alpha value is -2.20. The van der Waals surface area contributed by atoms with Crippen molar-refractivity contribution < 1.29 is 13.2 Å². The number of nitrogen functional groups attached to an aromatic ring is 1. The van der Waals surface area contributed by atoms with Crippen molar-refractivity contribution in [2.45, 2.75) is 6.18 Å². The van der Waals surface area contributed by atoms with Crippen molar-refractivity contribution in [1.82, 2.24) is 9.78 Å². The number of halogens is 4. The molecule has 0 spiro atoms. The molecule has 0 amide bonds. The molecular formula is C11H8ClF3N4. The van der Waals surface area contributed by atoms with E-state index in [-0.39, 0.29) is 23.7 Å². The van der Waals surface area contributed by atoms with Crippen LogP contribution in [0.5, 0.6) is 0 Å². The van der Waals surface area contributed by atoms with E-state index in [4.69, 9.17) is 11.0 Å². The number of alkyl halides is 3. The maximum atomic E-state index is 12.8. The number of nitrogens with zero attached hydrogens (tertiary/aromatic N) is 3. The van der Waals surface area contributed by atoms with Gasteiger partial charge in [0.05, 0.1) is 29.2 Å². The average molecular weight is 289 g/mol. The molecule has 0 aliphatic rings. The molecule has 0 saturated heterocycles. The molecule has 0 unspecified atom stereocenters. The van der Waals surface area contributed by atoms with E-state index in [1.54, 1.807) is 0 Å². The third-order valence-electron chi connectivity index (χ3n) is 2.29. The van der Waals surface area contributed by atoms with Crippen LogP contribution in [0.2, 0.25) is 0 Å². The number of hydrogen-bond donors (Lipinski definition) is 1. The number of anilines is 1. The van der Waals surface area contributed by atoms with E-state index in [9.17, 15) is 13.2 Å². The van der Waals surface area contributed by atoms with E-state index in [2.05, 4.69) is 5.10 Å². The minimum absolute atomic E-state index is 0. The molecule has 1 heterocycles. The molecule has 2 rings (SSSR count). The largest absolute Gasteiger partial charge is 0.435 e. The normalized spacial score (nSPS) is 10.6. The lowest BCUT2D eigenvalue weighted by molar-refractivity contribution is -0.142. The Morgan fingerprint density at radius 1 is 1.32 bits per heavy atom. The lowest BCUT2D eigenvalue weighted by Crippen LogP contribution is -2.15. The molecule has 100 valence electrons. The maximum absolute atomic E-state index is 12.8. The number of rotatable bonds is 1. The van der Waals surface area contributed by atoms with Crippen LogP contribution in [0.25, 0.3) is 5.69 Å². The van der Waals surface area contributed by atoms with Crippen LogP contribution in [-0.2, 0) is 6.18 Å². The summed E-state index contributed by atoms with van der Waals surface area (Å²) in [5.74, 6) is 0. The SMILES string of the molecule is Cl.N#Cc1cccc(-n2ncc(N)c2C(F)(F)F)c1. The molecule has 0 fully saturated rings. The summed E-state index contributed by atoms with van der Waals surface area (Å²) in [5, 5.41) is 12.3. The summed E-state index contributed by atoms with van der Waals surface area (Å²) in [4.78, 5) is 0. The highest BCUT2D eigenvalue weighted by atomic mass is 35.5. The monoisotopic (exact) mass is 288 g/mol. The first kappa shape index (κ1) is 14.9. The molecule has 1 aromatic heterocycles. The van der Waals surface area contributed by atoms with Crippen LogP contribution in [0.15, 0.2) is 30.5 Å². The van der Waals surface area contributed by atoms with E-state index in [0.717, 1.165) is 6.20 Å². The second-order valence-electron chi connectivity index (χ2n) is 3.52. The van der Waals surface area contributed by atoms with Gasteiger partial charge in [0.15, 0.2) is 5.69 Å². The van der Waals surface area contributed by atoms with Crippen molar-refractivity contribution in [2.75, 3.05) is 5.73 Å². The van der Waals surface area contributed by atoms with Crippen molar-refractivity contribution in [2.24, 2.45) is 0 Å². The Balaban J connectivity index is 0.00000180. The molecule has 1 aromatic carbocycles. The van der Waals surface area contributed by atoms with Gasteiger partial charge in [-0.3, -0.25) is 0 Å².